The summed E-state index contributed by atoms with van der Waals surface area (Å²) < 4.78 is 3.37. The summed E-state index contributed by atoms with van der Waals surface area (Å²) in [7, 11) is 0. The molecule has 0 N–H and O–H groups in total. The first-order valence-electron chi connectivity index (χ1n) is 10.1. The van der Waals surface area contributed by atoms with Crippen LogP contribution in [0.5, 0.6) is 0 Å². The molecule has 0 unspecified atom stereocenters. The zero-order chi connectivity index (χ0) is 21.3. The number of carbonyl (C=O) groups excluding carboxylic acids is 2. The fourth-order valence-corrected chi connectivity index (χ4v) is 3.23. The zero-order valence-corrected chi connectivity index (χ0v) is 17.9. The molecule has 160 valence electrons. The van der Waals surface area contributed by atoms with E-state index in [1.54, 1.807) is 22.0 Å². The Kier molecular flexibility index (Phi) is 8.10. The average molecular weight is 405 g/mol. The molecule has 0 aliphatic heterocycles. The van der Waals surface area contributed by atoms with Crippen LogP contribution in [0.3, 0.4) is 0 Å². The SMILES string of the molecule is CC(C)(CCC(=O)CCCC(=O)CCC(C)(C)Cn1cnnn1)Cn1cnnn1. The van der Waals surface area contributed by atoms with Crippen LogP contribution in [-0.2, 0) is 22.7 Å². The highest BCUT2D eigenvalue weighted by molar-refractivity contribution is 5.81. The molecule has 0 fully saturated rings. The number of nitrogens with zero attached hydrogens (tertiary/aromatic N) is 8. The molecule has 0 saturated carbocycles. The number of hydrogen-bond acceptors (Lipinski definition) is 8. The fraction of sp³-hybridized carbons (Fsp3) is 0.789. The molecule has 0 saturated heterocycles. The Morgan fingerprint density at radius 1 is 0.724 bits per heavy atom. The Morgan fingerprint density at radius 3 is 1.48 bits per heavy atom. The summed E-state index contributed by atoms with van der Waals surface area (Å²) in [5.74, 6) is 0.420. The molecule has 29 heavy (non-hydrogen) atoms. The van der Waals surface area contributed by atoms with E-state index in [1.807, 2.05) is 0 Å². The predicted octanol–water partition coefficient (Wildman–Crippen LogP) is 2.28. The van der Waals surface area contributed by atoms with Crippen molar-refractivity contribution in [1.29, 1.82) is 0 Å². The fourth-order valence-electron chi connectivity index (χ4n) is 3.23. The third kappa shape index (κ3) is 9.01. The summed E-state index contributed by atoms with van der Waals surface area (Å²) in [6.45, 7) is 9.74. The number of rotatable bonds is 14. The van der Waals surface area contributed by atoms with Gasteiger partial charge in [-0.3, -0.25) is 9.59 Å². The molecule has 2 aromatic rings. The second kappa shape index (κ2) is 10.3. The van der Waals surface area contributed by atoms with Crippen molar-refractivity contribution in [3.05, 3.63) is 12.7 Å². The Hall–Kier alpha value is -2.52. The minimum Gasteiger partial charge on any atom is -0.300 e. The second-order valence-corrected chi connectivity index (χ2v) is 9.27. The van der Waals surface area contributed by atoms with Crippen molar-refractivity contribution < 1.29 is 9.59 Å². The molecule has 0 aliphatic rings. The molecule has 10 heteroatoms. The molecule has 0 aromatic carbocycles. The lowest BCUT2D eigenvalue weighted by Crippen LogP contribution is -2.22. The van der Waals surface area contributed by atoms with Gasteiger partial charge in [0.1, 0.15) is 24.2 Å². The number of tetrazole rings is 2. The summed E-state index contributed by atoms with van der Waals surface area (Å²) in [5, 5.41) is 22.3. The van der Waals surface area contributed by atoms with Gasteiger partial charge >= 0.3 is 0 Å². The lowest BCUT2D eigenvalue weighted by Gasteiger charge is -2.23. The van der Waals surface area contributed by atoms with E-state index in [2.05, 4.69) is 58.7 Å². The topological polar surface area (TPSA) is 121 Å². The van der Waals surface area contributed by atoms with Crippen LogP contribution in [0, 0.1) is 10.8 Å². The van der Waals surface area contributed by atoms with E-state index in [4.69, 9.17) is 0 Å². The first kappa shape index (κ1) is 22.8. The highest BCUT2D eigenvalue weighted by Crippen LogP contribution is 2.26. The lowest BCUT2D eigenvalue weighted by molar-refractivity contribution is -0.121. The van der Waals surface area contributed by atoms with E-state index in [0.29, 0.717) is 45.2 Å². The maximum absolute atomic E-state index is 12.2. The number of carbonyl (C=O) groups is 2. The van der Waals surface area contributed by atoms with Crippen LogP contribution >= 0.6 is 0 Å². The highest BCUT2D eigenvalue weighted by Gasteiger charge is 2.22. The Morgan fingerprint density at radius 2 is 1.14 bits per heavy atom. The summed E-state index contributed by atoms with van der Waals surface area (Å²) >= 11 is 0. The molecule has 0 bridgehead atoms. The minimum absolute atomic E-state index is 0.0634. The number of aromatic nitrogens is 8. The van der Waals surface area contributed by atoms with Crippen LogP contribution < -0.4 is 0 Å². The van der Waals surface area contributed by atoms with Crippen molar-refractivity contribution in [2.24, 2.45) is 10.8 Å². The normalized spacial score (nSPS) is 12.3. The largest absolute Gasteiger partial charge is 0.300 e. The van der Waals surface area contributed by atoms with Gasteiger partial charge in [0.25, 0.3) is 0 Å². The molecular formula is C19H32N8O2. The van der Waals surface area contributed by atoms with Gasteiger partial charge in [0.2, 0.25) is 0 Å². The third-order valence-electron chi connectivity index (χ3n) is 5.04. The van der Waals surface area contributed by atoms with E-state index < -0.39 is 0 Å². The number of hydrogen-bond donors (Lipinski definition) is 0. The van der Waals surface area contributed by atoms with Gasteiger partial charge in [-0.05, 0) is 50.9 Å². The van der Waals surface area contributed by atoms with Crippen molar-refractivity contribution in [2.75, 3.05) is 0 Å². The van der Waals surface area contributed by atoms with Crippen molar-refractivity contribution in [3.63, 3.8) is 0 Å². The van der Waals surface area contributed by atoms with Gasteiger partial charge in [0, 0.05) is 38.8 Å². The second-order valence-electron chi connectivity index (χ2n) is 9.27. The van der Waals surface area contributed by atoms with E-state index in [-0.39, 0.29) is 22.4 Å². The molecular weight excluding hydrogens is 372 g/mol. The molecule has 0 spiro atoms. The van der Waals surface area contributed by atoms with Gasteiger partial charge in [-0.2, -0.15) is 0 Å². The van der Waals surface area contributed by atoms with Gasteiger partial charge in [-0.15, -0.1) is 10.2 Å². The van der Waals surface area contributed by atoms with Crippen molar-refractivity contribution in [2.45, 2.75) is 85.7 Å². The lowest BCUT2D eigenvalue weighted by atomic mass is 9.85. The zero-order valence-electron chi connectivity index (χ0n) is 17.9. The average Bonchev–Trinajstić information content (AvgIpc) is 3.32. The summed E-state index contributed by atoms with van der Waals surface area (Å²) in [6.07, 6.45) is 7.28. The first-order valence-corrected chi connectivity index (χ1v) is 10.1. The number of Topliss-reactive ketones (excluding diaryl/α,β-unsaturated/α-hetero) is 2. The van der Waals surface area contributed by atoms with Gasteiger partial charge < -0.3 is 0 Å². The third-order valence-corrected chi connectivity index (χ3v) is 5.04. The van der Waals surface area contributed by atoms with Crippen LogP contribution in [0.1, 0.15) is 72.6 Å². The van der Waals surface area contributed by atoms with Crippen LogP contribution in [0.25, 0.3) is 0 Å². The maximum atomic E-state index is 12.2. The van der Waals surface area contributed by atoms with E-state index in [9.17, 15) is 9.59 Å². The minimum atomic E-state index is -0.0634. The Bertz CT molecular complexity index is 689. The van der Waals surface area contributed by atoms with Crippen molar-refractivity contribution in [1.82, 2.24) is 40.4 Å². The van der Waals surface area contributed by atoms with Gasteiger partial charge in [0.05, 0.1) is 0 Å². The molecule has 0 atom stereocenters. The Labute approximate surface area is 171 Å². The summed E-state index contributed by atoms with van der Waals surface area (Å²) in [5.41, 5.74) is -0.127. The molecule has 0 aliphatic carbocycles. The van der Waals surface area contributed by atoms with Crippen LogP contribution in [0.2, 0.25) is 0 Å². The standard InChI is InChI=1S/C19H32N8O2/c1-18(2,12-26-14-20-22-24-26)10-8-16(28)6-5-7-17(29)9-11-19(3,4)13-27-15-21-23-25-27/h14-15H,5-13H2,1-4H3. The van der Waals surface area contributed by atoms with Gasteiger partial charge in [-0.1, -0.05) is 27.7 Å². The molecule has 10 nitrogen and oxygen atoms in total. The predicted molar refractivity (Wildman–Crippen MR) is 106 cm³/mol. The monoisotopic (exact) mass is 404 g/mol. The van der Waals surface area contributed by atoms with Crippen LogP contribution in [0.4, 0.5) is 0 Å². The smallest absolute Gasteiger partial charge is 0.138 e. The number of ketones is 2. The van der Waals surface area contributed by atoms with Crippen molar-refractivity contribution >= 4 is 11.6 Å². The van der Waals surface area contributed by atoms with Gasteiger partial charge in [-0.25, -0.2) is 9.36 Å². The van der Waals surface area contributed by atoms with E-state index >= 15 is 0 Å². The first-order chi connectivity index (χ1) is 13.7. The van der Waals surface area contributed by atoms with Crippen LogP contribution in [-0.4, -0.2) is 52.0 Å². The molecule has 2 aromatic heterocycles. The van der Waals surface area contributed by atoms with E-state index in [0.717, 1.165) is 12.8 Å². The van der Waals surface area contributed by atoms with Crippen molar-refractivity contribution in [3.8, 4) is 0 Å². The summed E-state index contributed by atoms with van der Waals surface area (Å²) in [6, 6.07) is 0. The van der Waals surface area contributed by atoms with Gasteiger partial charge in [0.15, 0.2) is 0 Å². The van der Waals surface area contributed by atoms with E-state index in [1.165, 1.54) is 0 Å². The molecule has 2 rings (SSSR count). The highest BCUT2D eigenvalue weighted by atomic mass is 16.1. The summed E-state index contributed by atoms with van der Waals surface area (Å²) in [4.78, 5) is 24.4. The quantitative estimate of drug-likeness (QED) is 0.470. The van der Waals surface area contributed by atoms with Crippen LogP contribution in [0.15, 0.2) is 12.7 Å². The molecule has 0 radical (unpaired) electrons. The maximum Gasteiger partial charge on any atom is 0.138 e. The Balaban J connectivity index is 1.59. The molecule has 0 amide bonds. The molecule has 2 heterocycles.